The van der Waals surface area contributed by atoms with Crippen molar-refractivity contribution in [1.29, 1.82) is 0 Å². The molecule has 1 amide bonds. The number of carbonyl (C=O) groups excluding carboxylic acids is 1. The highest BCUT2D eigenvalue weighted by Crippen LogP contribution is 2.12. The number of halogens is 1. The Morgan fingerprint density at radius 2 is 2.00 bits per heavy atom. The lowest BCUT2D eigenvalue weighted by Crippen LogP contribution is -2.45. The fourth-order valence-electron chi connectivity index (χ4n) is 2.18. The van der Waals surface area contributed by atoms with Crippen LogP contribution in [0.1, 0.15) is 32.4 Å². The number of pyridine rings is 1. The number of anilines is 1. The first-order valence-electron chi connectivity index (χ1n) is 7.56. The van der Waals surface area contributed by atoms with Crippen LogP contribution in [-0.2, 0) is 4.79 Å². The Kier molecular flexibility index (Phi) is 5.74. The number of aryl methyl sites for hydroxylation is 1. The van der Waals surface area contributed by atoms with Crippen LogP contribution in [0.3, 0.4) is 0 Å². The molecule has 3 atom stereocenters. The normalized spacial score (nSPS) is 15.0. The molecule has 0 aromatic carbocycles. The maximum atomic E-state index is 12.2. The van der Waals surface area contributed by atoms with E-state index < -0.39 is 0 Å². The number of amides is 1. The monoisotopic (exact) mass is 335 g/mol. The first-order chi connectivity index (χ1) is 10.9. The van der Waals surface area contributed by atoms with Crippen LogP contribution in [0.4, 0.5) is 5.82 Å². The average molecular weight is 336 g/mol. The van der Waals surface area contributed by atoms with Gasteiger partial charge in [0.25, 0.3) is 0 Å². The van der Waals surface area contributed by atoms with E-state index in [4.69, 9.17) is 11.6 Å². The van der Waals surface area contributed by atoms with Crippen molar-refractivity contribution in [2.24, 2.45) is 0 Å². The number of hydrogen-bond donors (Lipinski definition) is 2. The van der Waals surface area contributed by atoms with Gasteiger partial charge in [0, 0.05) is 18.4 Å². The van der Waals surface area contributed by atoms with E-state index >= 15 is 0 Å². The number of nitrogens with zero attached hydrogens (tertiary/aromatic N) is 3. The molecule has 0 bridgehead atoms. The predicted molar refractivity (Wildman–Crippen MR) is 91.6 cm³/mol. The van der Waals surface area contributed by atoms with E-state index in [1.54, 1.807) is 12.1 Å². The van der Waals surface area contributed by atoms with E-state index in [0.29, 0.717) is 10.8 Å². The van der Waals surface area contributed by atoms with Gasteiger partial charge in [-0.05, 0) is 45.4 Å². The molecule has 0 aliphatic rings. The maximum Gasteiger partial charge on any atom is 0.242 e. The van der Waals surface area contributed by atoms with Crippen molar-refractivity contribution in [1.82, 2.24) is 20.1 Å². The minimum absolute atomic E-state index is 0.0771. The molecule has 2 heterocycles. The first kappa shape index (κ1) is 17.4. The van der Waals surface area contributed by atoms with Crippen LogP contribution in [0.25, 0.3) is 0 Å². The van der Waals surface area contributed by atoms with Crippen LogP contribution in [0.5, 0.6) is 0 Å². The molecule has 0 aliphatic heterocycles. The summed E-state index contributed by atoms with van der Waals surface area (Å²) < 4.78 is 1.90. The van der Waals surface area contributed by atoms with Gasteiger partial charge in [-0.1, -0.05) is 11.6 Å². The fourth-order valence-corrected chi connectivity index (χ4v) is 2.29. The lowest BCUT2D eigenvalue weighted by atomic mass is 10.1. The molecule has 0 fully saturated rings. The minimum atomic E-state index is -0.360. The molecule has 2 aromatic rings. The summed E-state index contributed by atoms with van der Waals surface area (Å²) in [5.74, 6) is 0.340. The Morgan fingerprint density at radius 3 is 2.57 bits per heavy atom. The van der Waals surface area contributed by atoms with Gasteiger partial charge < -0.3 is 10.6 Å². The van der Waals surface area contributed by atoms with E-state index in [-0.39, 0.29) is 24.0 Å². The van der Waals surface area contributed by atoms with Gasteiger partial charge in [0.1, 0.15) is 5.82 Å². The van der Waals surface area contributed by atoms with Crippen molar-refractivity contribution >= 4 is 23.3 Å². The van der Waals surface area contributed by atoms with E-state index in [9.17, 15) is 4.79 Å². The maximum absolute atomic E-state index is 12.2. The molecule has 2 N–H and O–H groups in total. The Balaban J connectivity index is 1.90. The molecular formula is C16H22ClN5O. The number of nitrogens with one attached hydrogen (secondary N) is 2. The number of carbonyl (C=O) groups is 1. The molecule has 2 rings (SSSR count). The highest BCUT2D eigenvalue weighted by Gasteiger charge is 2.20. The third-order valence-corrected chi connectivity index (χ3v) is 3.98. The zero-order valence-corrected chi connectivity index (χ0v) is 14.5. The van der Waals surface area contributed by atoms with Crippen LogP contribution in [0.2, 0.25) is 5.02 Å². The third kappa shape index (κ3) is 4.77. The second kappa shape index (κ2) is 7.57. The highest BCUT2D eigenvalue weighted by atomic mass is 35.5. The van der Waals surface area contributed by atoms with Crippen molar-refractivity contribution in [3.05, 3.63) is 41.3 Å². The van der Waals surface area contributed by atoms with Gasteiger partial charge in [0.2, 0.25) is 5.91 Å². The third-order valence-electron chi connectivity index (χ3n) is 3.76. The summed E-state index contributed by atoms with van der Waals surface area (Å²) in [4.78, 5) is 16.3. The van der Waals surface area contributed by atoms with Crippen LogP contribution in [-0.4, -0.2) is 32.8 Å². The summed E-state index contributed by atoms with van der Waals surface area (Å²) in [7, 11) is 0. The van der Waals surface area contributed by atoms with Crippen LogP contribution in [0.15, 0.2) is 30.7 Å². The lowest BCUT2D eigenvalue weighted by Gasteiger charge is -2.25. The van der Waals surface area contributed by atoms with Crippen LogP contribution >= 0.6 is 11.6 Å². The Bertz CT molecular complexity index is 655. The van der Waals surface area contributed by atoms with Gasteiger partial charge in [-0.25, -0.2) is 4.98 Å². The topological polar surface area (TPSA) is 71.8 Å². The summed E-state index contributed by atoms with van der Waals surface area (Å²) in [5, 5.41) is 10.9. The smallest absolute Gasteiger partial charge is 0.242 e. The molecule has 124 valence electrons. The summed E-state index contributed by atoms with van der Waals surface area (Å²) in [6.45, 7) is 7.92. The van der Waals surface area contributed by atoms with Gasteiger partial charge >= 0.3 is 0 Å². The molecule has 23 heavy (non-hydrogen) atoms. The lowest BCUT2D eigenvalue weighted by molar-refractivity contribution is -0.118. The summed E-state index contributed by atoms with van der Waals surface area (Å²) in [6, 6.07) is 3.21. The Morgan fingerprint density at radius 1 is 1.26 bits per heavy atom. The molecule has 0 spiro atoms. The van der Waals surface area contributed by atoms with Crippen molar-refractivity contribution < 1.29 is 4.79 Å². The van der Waals surface area contributed by atoms with Crippen molar-refractivity contribution in [3.8, 4) is 0 Å². The van der Waals surface area contributed by atoms with E-state index in [0.717, 1.165) is 5.56 Å². The van der Waals surface area contributed by atoms with Crippen molar-refractivity contribution in [3.63, 3.8) is 0 Å². The number of hydrogen-bond acceptors (Lipinski definition) is 4. The molecular weight excluding hydrogens is 314 g/mol. The molecule has 0 radical (unpaired) electrons. The largest absolute Gasteiger partial charge is 0.309 e. The summed E-state index contributed by atoms with van der Waals surface area (Å²) in [6.07, 6.45) is 5.32. The van der Waals surface area contributed by atoms with Crippen molar-refractivity contribution in [2.45, 2.75) is 45.8 Å². The van der Waals surface area contributed by atoms with E-state index in [2.05, 4.69) is 27.6 Å². The average Bonchev–Trinajstić information content (AvgIpc) is 2.95. The second-order valence-electron chi connectivity index (χ2n) is 5.77. The van der Waals surface area contributed by atoms with E-state index in [1.807, 2.05) is 37.8 Å². The summed E-state index contributed by atoms with van der Waals surface area (Å²) >= 11 is 5.78. The predicted octanol–water partition coefficient (Wildman–Crippen LogP) is 2.81. The van der Waals surface area contributed by atoms with E-state index in [1.165, 1.54) is 6.20 Å². The quantitative estimate of drug-likeness (QED) is 0.851. The fraction of sp³-hybridized carbons (Fsp3) is 0.438. The molecule has 0 aliphatic carbocycles. The molecule has 2 aromatic heterocycles. The number of aromatic nitrogens is 3. The SMILES string of the molecule is Cc1cnn([C@H](C)[C@@H](C)N[C@@H](C)C(=O)Nc2ccc(Cl)cn2)c1. The molecule has 0 saturated heterocycles. The van der Waals surface area contributed by atoms with Crippen LogP contribution < -0.4 is 10.6 Å². The molecule has 7 heteroatoms. The highest BCUT2D eigenvalue weighted by molar-refractivity contribution is 6.30. The number of rotatable bonds is 6. The molecule has 6 nitrogen and oxygen atoms in total. The zero-order chi connectivity index (χ0) is 17.0. The van der Waals surface area contributed by atoms with Gasteiger partial charge in [0.15, 0.2) is 0 Å². The van der Waals surface area contributed by atoms with Gasteiger partial charge in [-0.3, -0.25) is 9.48 Å². The van der Waals surface area contributed by atoms with Crippen LogP contribution in [0, 0.1) is 6.92 Å². The van der Waals surface area contributed by atoms with Gasteiger partial charge in [0.05, 0.1) is 23.3 Å². The van der Waals surface area contributed by atoms with Gasteiger partial charge in [-0.15, -0.1) is 0 Å². The Labute approximate surface area is 141 Å². The summed E-state index contributed by atoms with van der Waals surface area (Å²) in [5.41, 5.74) is 1.11. The van der Waals surface area contributed by atoms with Gasteiger partial charge in [-0.2, -0.15) is 5.10 Å². The standard InChI is InChI=1S/C16H22ClN5O/c1-10-7-19-22(9-10)13(4)11(2)20-12(3)16(23)21-15-6-5-14(17)8-18-15/h5-9,11-13,20H,1-4H3,(H,18,21,23)/t11-,12+,13-/m1/s1. The zero-order valence-electron chi connectivity index (χ0n) is 13.7. The second-order valence-corrected chi connectivity index (χ2v) is 6.20. The Hall–Kier alpha value is -1.92. The van der Waals surface area contributed by atoms with Crippen molar-refractivity contribution in [2.75, 3.05) is 5.32 Å². The molecule has 0 saturated carbocycles. The minimum Gasteiger partial charge on any atom is -0.309 e. The first-order valence-corrected chi connectivity index (χ1v) is 7.94. The molecule has 0 unspecified atom stereocenters.